The van der Waals surface area contributed by atoms with Gasteiger partial charge in [-0.05, 0) is 49.7 Å². The Morgan fingerprint density at radius 2 is 1.89 bits per heavy atom. The van der Waals surface area contributed by atoms with E-state index in [-0.39, 0.29) is 11.5 Å². The Labute approximate surface area is 163 Å². The summed E-state index contributed by atoms with van der Waals surface area (Å²) in [4.78, 5) is 8.54. The molecule has 1 N–H and O–H groups in total. The van der Waals surface area contributed by atoms with Crippen molar-refractivity contribution < 1.29 is 23.0 Å². The van der Waals surface area contributed by atoms with Gasteiger partial charge < -0.3 is 14.7 Å². The second-order valence-electron chi connectivity index (χ2n) is 8.52. The lowest BCUT2D eigenvalue weighted by Gasteiger charge is -2.51. The fourth-order valence-electron chi connectivity index (χ4n) is 5.06. The number of piperidine rings is 2. The number of aliphatic hydroxyl groups excluding tert-OH is 1. The molecule has 0 amide bonds. The van der Waals surface area contributed by atoms with E-state index in [2.05, 4.69) is 9.88 Å². The molecule has 0 bridgehead atoms. The van der Waals surface area contributed by atoms with Crippen molar-refractivity contribution in [3.8, 4) is 0 Å². The van der Waals surface area contributed by atoms with Crippen molar-refractivity contribution >= 4 is 5.82 Å². The molecule has 3 aliphatic rings. The maximum absolute atomic E-state index is 13.0. The molecule has 156 valence electrons. The molecular weight excluding hydrogens is 371 g/mol. The van der Waals surface area contributed by atoms with Crippen LogP contribution >= 0.6 is 0 Å². The van der Waals surface area contributed by atoms with Crippen LogP contribution in [0.5, 0.6) is 0 Å². The predicted molar refractivity (Wildman–Crippen MR) is 99.2 cm³/mol. The van der Waals surface area contributed by atoms with E-state index in [1.807, 2.05) is 4.90 Å². The number of aliphatic hydroxyl groups is 1. The molecule has 1 unspecified atom stereocenters. The number of β-amino-alcohol motifs (C(OH)–C–C–N with tert-alkyl or cyclic N) is 1. The number of likely N-dealkylation sites (tertiary alicyclic amines) is 1. The molecule has 5 nitrogen and oxygen atoms in total. The Kier molecular flexibility index (Phi) is 5.55. The van der Waals surface area contributed by atoms with Crippen molar-refractivity contribution in [2.75, 3.05) is 44.3 Å². The molecule has 1 atom stereocenters. The summed E-state index contributed by atoms with van der Waals surface area (Å²) in [6, 6.07) is 2.61. The second-order valence-corrected chi connectivity index (χ2v) is 8.52. The van der Waals surface area contributed by atoms with Crippen LogP contribution in [0.25, 0.3) is 0 Å². The zero-order valence-corrected chi connectivity index (χ0v) is 16.0. The zero-order valence-electron chi connectivity index (χ0n) is 16.0. The highest BCUT2D eigenvalue weighted by Crippen LogP contribution is 2.42. The molecule has 3 fully saturated rings. The van der Waals surface area contributed by atoms with Crippen LogP contribution in [0, 0.1) is 5.41 Å². The monoisotopic (exact) mass is 399 g/mol. The quantitative estimate of drug-likeness (QED) is 0.829. The number of hydrogen-bond donors (Lipinski definition) is 1. The van der Waals surface area contributed by atoms with E-state index < -0.39 is 11.7 Å². The van der Waals surface area contributed by atoms with Gasteiger partial charge in [-0.2, -0.15) is 13.2 Å². The van der Waals surface area contributed by atoms with Gasteiger partial charge >= 0.3 is 6.18 Å². The van der Waals surface area contributed by atoms with Gasteiger partial charge in [0, 0.05) is 51.6 Å². The van der Waals surface area contributed by atoms with Crippen LogP contribution in [-0.2, 0) is 10.9 Å². The standard InChI is InChI=1S/C20H28F3N3O2/c21-20(22,23)15-1-6-24-18(11-15)25-7-4-19(5-8-25)12-17(27)13-26(14-19)16-2-9-28-10-3-16/h1,6,11,16-17,27H,2-5,7-10,12-14H2. The molecule has 1 spiro atoms. The minimum Gasteiger partial charge on any atom is -0.392 e. The summed E-state index contributed by atoms with van der Waals surface area (Å²) < 4.78 is 44.5. The van der Waals surface area contributed by atoms with Crippen molar-refractivity contribution in [2.24, 2.45) is 5.41 Å². The van der Waals surface area contributed by atoms with Crippen molar-refractivity contribution in [2.45, 2.75) is 50.4 Å². The highest BCUT2D eigenvalue weighted by molar-refractivity contribution is 5.42. The number of hydrogen-bond acceptors (Lipinski definition) is 5. The lowest BCUT2D eigenvalue weighted by atomic mass is 9.71. The van der Waals surface area contributed by atoms with E-state index in [4.69, 9.17) is 4.74 Å². The molecule has 4 heterocycles. The van der Waals surface area contributed by atoms with Gasteiger partial charge in [0.15, 0.2) is 0 Å². The van der Waals surface area contributed by atoms with Crippen molar-refractivity contribution in [1.82, 2.24) is 9.88 Å². The lowest BCUT2D eigenvalue weighted by Crippen LogP contribution is -2.57. The summed E-state index contributed by atoms with van der Waals surface area (Å²) >= 11 is 0. The third-order valence-corrected chi connectivity index (χ3v) is 6.58. The molecule has 0 aliphatic carbocycles. The lowest BCUT2D eigenvalue weighted by molar-refractivity contribution is -0.137. The first-order chi connectivity index (χ1) is 13.3. The molecule has 0 radical (unpaired) electrons. The maximum atomic E-state index is 13.0. The number of halogens is 3. The zero-order chi connectivity index (χ0) is 19.8. The summed E-state index contributed by atoms with van der Waals surface area (Å²) in [5.41, 5.74) is -0.620. The van der Waals surface area contributed by atoms with E-state index >= 15 is 0 Å². The molecule has 0 saturated carbocycles. The van der Waals surface area contributed by atoms with E-state index in [1.165, 1.54) is 6.20 Å². The molecule has 4 rings (SSSR count). The van der Waals surface area contributed by atoms with Gasteiger partial charge in [-0.15, -0.1) is 0 Å². The number of anilines is 1. The molecule has 1 aromatic heterocycles. The molecule has 8 heteroatoms. The predicted octanol–water partition coefficient (Wildman–Crippen LogP) is 2.93. The van der Waals surface area contributed by atoms with Gasteiger partial charge in [-0.3, -0.25) is 4.90 Å². The van der Waals surface area contributed by atoms with E-state index in [0.29, 0.717) is 31.5 Å². The second kappa shape index (κ2) is 7.80. The van der Waals surface area contributed by atoms with Crippen LogP contribution in [0.3, 0.4) is 0 Å². The Hall–Kier alpha value is -1.38. The smallest absolute Gasteiger partial charge is 0.392 e. The van der Waals surface area contributed by atoms with E-state index in [1.54, 1.807) is 0 Å². The molecule has 3 saturated heterocycles. The third kappa shape index (κ3) is 4.28. The Morgan fingerprint density at radius 1 is 1.18 bits per heavy atom. The van der Waals surface area contributed by atoms with Crippen molar-refractivity contribution in [1.29, 1.82) is 0 Å². The Bertz CT molecular complexity index is 671. The van der Waals surface area contributed by atoms with Crippen LogP contribution in [0.2, 0.25) is 0 Å². The summed E-state index contributed by atoms with van der Waals surface area (Å²) in [6.07, 6.45) is 1.05. The van der Waals surface area contributed by atoms with E-state index in [0.717, 1.165) is 64.0 Å². The Balaban J connectivity index is 1.42. The molecule has 28 heavy (non-hydrogen) atoms. The molecule has 1 aromatic rings. The van der Waals surface area contributed by atoms with Crippen molar-refractivity contribution in [3.05, 3.63) is 23.9 Å². The molecule has 0 aromatic carbocycles. The number of rotatable bonds is 2. The first-order valence-corrected chi connectivity index (χ1v) is 10.1. The normalized spacial score (nSPS) is 27.3. The SMILES string of the molecule is OC1CN(C2CCOCC2)CC2(CCN(c3cc(C(F)(F)F)ccn3)CC2)C1. The van der Waals surface area contributed by atoms with Gasteiger partial charge in [-0.25, -0.2) is 4.98 Å². The fourth-order valence-corrected chi connectivity index (χ4v) is 5.06. The van der Waals surface area contributed by atoms with Crippen LogP contribution in [0.4, 0.5) is 19.0 Å². The van der Waals surface area contributed by atoms with E-state index in [9.17, 15) is 18.3 Å². The number of ether oxygens (including phenoxy) is 1. The van der Waals surface area contributed by atoms with Gasteiger partial charge in [0.1, 0.15) is 5.82 Å². The van der Waals surface area contributed by atoms with Crippen molar-refractivity contribution in [3.63, 3.8) is 0 Å². The fraction of sp³-hybridized carbons (Fsp3) is 0.750. The maximum Gasteiger partial charge on any atom is 0.416 e. The third-order valence-electron chi connectivity index (χ3n) is 6.58. The number of nitrogens with zero attached hydrogens (tertiary/aromatic N) is 3. The minimum atomic E-state index is -4.35. The highest BCUT2D eigenvalue weighted by Gasteiger charge is 2.43. The van der Waals surface area contributed by atoms with Gasteiger partial charge in [0.2, 0.25) is 0 Å². The number of pyridine rings is 1. The topological polar surface area (TPSA) is 48.8 Å². The van der Waals surface area contributed by atoms with Gasteiger partial charge in [0.05, 0.1) is 11.7 Å². The summed E-state index contributed by atoms with van der Waals surface area (Å²) in [5, 5.41) is 10.5. The average molecular weight is 399 g/mol. The number of alkyl halides is 3. The van der Waals surface area contributed by atoms with Crippen LogP contribution in [0.1, 0.15) is 37.7 Å². The first kappa shape index (κ1) is 19.9. The minimum absolute atomic E-state index is 0.0358. The molecule has 3 aliphatic heterocycles. The largest absolute Gasteiger partial charge is 0.416 e. The first-order valence-electron chi connectivity index (χ1n) is 10.1. The van der Waals surface area contributed by atoms with Crippen LogP contribution in [-0.4, -0.2) is 66.5 Å². The highest BCUT2D eigenvalue weighted by atomic mass is 19.4. The van der Waals surface area contributed by atoms with Crippen LogP contribution < -0.4 is 4.90 Å². The summed E-state index contributed by atoms with van der Waals surface area (Å²) in [6.45, 7) is 4.56. The summed E-state index contributed by atoms with van der Waals surface area (Å²) in [5.74, 6) is 0.391. The van der Waals surface area contributed by atoms with Crippen LogP contribution in [0.15, 0.2) is 18.3 Å². The molecular formula is C20H28F3N3O2. The summed E-state index contributed by atoms with van der Waals surface area (Å²) in [7, 11) is 0. The van der Waals surface area contributed by atoms with Gasteiger partial charge in [-0.1, -0.05) is 0 Å². The Morgan fingerprint density at radius 3 is 2.57 bits per heavy atom. The average Bonchev–Trinajstić information content (AvgIpc) is 2.68. The van der Waals surface area contributed by atoms with Gasteiger partial charge in [0.25, 0.3) is 0 Å². The number of aromatic nitrogens is 1.